The van der Waals surface area contributed by atoms with Gasteiger partial charge in [0.05, 0.1) is 19.8 Å². The van der Waals surface area contributed by atoms with Gasteiger partial charge >= 0.3 is 0 Å². The quantitative estimate of drug-likeness (QED) is 0.359. The van der Waals surface area contributed by atoms with Crippen molar-refractivity contribution in [2.75, 3.05) is 14.2 Å². The van der Waals surface area contributed by atoms with Gasteiger partial charge in [-0.05, 0) is 35.6 Å². The maximum absolute atomic E-state index is 6.91. The van der Waals surface area contributed by atoms with E-state index in [1.807, 2.05) is 12.1 Å². The summed E-state index contributed by atoms with van der Waals surface area (Å²) in [5.74, 6) is 1.83. The van der Waals surface area contributed by atoms with Crippen LogP contribution < -0.4 is 14.2 Å². The van der Waals surface area contributed by atoms with Gasteiger partial charge in [0, 0.05) is 24.5 Å². The fourth-order valence-corrected chi connectivity index (χ4v) is 4.86. The summed E-state index contributed by atoms with van der Waals surface area (Å²) in [5, 5.41) is 8.25. The SMILES string of the molecule is COc1cc(-c2cccc3c2CCC(Cc2ccccc2)(Cc2ccccc2)O3)c(OC)nn1. The Kier molecular flexibility index (Phi) is 6.17. The number of hydrogen-bond donors (Lipinski definition) is 0. The van der Waals surface area contributed by atoms with Gasteiger partial charge in [-0.2, -0.15) is 0 Å². The van der Waals surface area contributed by atoms with Crippen LogP contribution in [0, 0.1) is 0 Å². The maximum atomic E-state index is 6.91. The third kappa shape index (κ3) is 4.46. The Bertz CT molecular complexity index is 1220. The Morgan fingerprint density at radius 1 is 0.765 bits per heavy atom. The summed E-state index contributed by atoms with van der Waals surface area (Å²) in [4.78, 5) is 0. The van der Waals surface area contributed by atoms with Crippen molar-refractivity contribution in [3.8, 4) is 28.6 Å². The number of benzene rings is 3. The summed E-state index contributed by atoms with van der Waals surface area (Å²) in [5.41, 5.74) is 5.29. The number of rotatable bonds is 7. The van der Waals surface area contributed by atoms with Gasteiger partial charge in [-0.1, -0.05) is 72.8 Å². The molecule has 5 rings (SSSR count). The molecule has 34 heavy (non-hydrogen) atoms. The third-order valence-electron chi connectivity index (χ3n) is 6.46. The van der Waals surface area contributed by atoms with Gasteiger partial charge in [0.25, 0.3) is 0 Å². The molecule has 0 spiro atoms. The summed E-state index contributed by atoms with van der Waals surface area (Å²) in [6.07, 6.45) is 3.48. The normalized spacial score (nSPS) is 14.1. The molecular weight excluding hydrogens is 424 g/mol. The smallest absolute Gasteiger partial charge is 0.241 e. The molecule has 0 atom stereocenters. The lowest BCUT2D eigenvalue weighted by Gasteiger charge is -2.40. The van der Waals surface area contributed by atoms with Crippen LogP contribution in [0.5, 0.6) is 17.5 Å². The minimum absolute atomic E-state index is 0.327. The monoisotopic (exact) mass is 452 g/mol. The van der Waals surface area contributed by atoms with E-state index in [1.165, 1.54) is 11.1 Å². The highest BCUT2D eigenvalue weighted by Crippen LogP contribution is 2.43. The van der Waals surface area contributed by atoms with Gasteiger partial charge in [-0.15, -0.1) is 10.2 Å². The number of aromatic nitrogens is 2. The summed E-state index contributed by atoms with van der Waals surface area (Å²) in [7, 11) is 3.20. The van der Waals surface area contributed by atoms with Crippen molar-refractivity contribution in [2.45, 2.75) is 31.3 Å². The van der Waals surface area contributed by atoms with Crippen LogP contribution in [-0.2, 0) is 19.3 Å². The van der Waals surface area contributed by atoms with Gasteiger partial charge < -0.3 is 14.2 Å². The predicted octanol–water partition coefficient (Wildman–Crippen LogP) is 5.71. The van der Waals surface area contributed by atoms with E-state index in [4.69, 9.17) is 14.2 Å². The molecule has 5 heteroatoms. The molecule has 0 radical (unpaired) electrons. The fraction of sp³-hybridized carbons (Fsp3) is 0.241. The number of hydrogen-bond acceptors (Lipinski definition) is 5. The molecule has 0 fully saturated rings. The lowest BCUT2D eigenvalue weighted by molar-refractivity contribution is 0.0466. The molecule has 0 unspecified atom stereocenters. The molecule has 0 saturated carbocycles. The molecule has 4 aromatic rings. The number of ether oxygens (including phenoxy) is 3. The Hall–Kier alpha value is -3.86. The maximum Gasteiger partial charge on any atom is 0.241 e. The Morgan fingerprint density at radius 2 is 1.44 bits per heavy atom. The highest BCUT2D eigenvalue weighted by molar-refractivity contribution is 5.75. The van der Waals surface area contributed by atoms with E-state index >= 15 is 0 Å². The molecule has 5 nitrogen and oxygen atoms in total. The first kappa shape index (κ1) is 22.0. The molecule has 2 heterocycles. The molecule has 0 saturated heterocycles. The molecule has 0 bridgehead atoms. The van der Waals surface area contributed by atoms with Crippen molar-refractivity contribution >= 4 is 0 Å². The van der Waals surface area contributed by atoms with E-state index in [0.29, 0.717) is 11.8 Å². The van der Waals surface area contributed by atoms with E-state index in [9.17, 15) is 0 Å². The standard InChI is InChI=1S/C29H28N2O3/c1-32-27-18-25(28(33-2)31-30-27)23-14-9-15-26-24(23)16-17-29(34-26,19-21-10-5-3-6-11-21)20-22-12-7-4-8-13-22/h3-15,18H,16-17,19-20H2,1-2H3. The number of nitrogens with zero attached hydrogens (tertiary/aromatic N) is 2. The largest absolute Gasteiger partial charge is 0.486 e. The van der Waals surface area contributed by atoms with E-state index in [-0.39, 0.29) is 5.60 Å². The molecular formula is C29H28N2O3. The molecule has 1 aliphatic heterocycles. The minimum Gasteiger partial charge on any atom is -0.486 e. The van der Waals surface area contributed by atoms with Gasteiger partial charge in [0.2, 0.25) is 11.8 Å². The summed E-state index contributed by atoms with van der Waals surface area (Å²) >= 11 is 0. The van der Waals surface area contributed by atoms with Gasteiger partial charge in [0.15, 0.2) is 0 Å². The van der Waals surface area contributed by atoms with Crippen LogP contribution in [0.4, 0.5) is 0 Å². The summed E-state index contributed by atoms with van der Waals surface area (Å²) in [6.45, 7) is 0. The molecule has 0 amide bonds. The topological polar surface area (TPSA) is 53.5 Å². The van der Waals surface area contributed by atoms with E-state index in [0.717, 1.165) is 48.1 Å². The van der Waals surface area contributed by atoms with Crippen molar-refractivity contribution < 1.29 is 14.2 Å². The van der Waals surface area contributed by atoms with Crippen molar-refractivity contribution in [1.82, 2.24) is 10.2 Å². The fourth-order valence-electron chi connectivity index (χ4n) is 4.86. The Morgan fingerprint density at radius 3 is 2.06 bits per heavy atom. The van der Waals surface area contributed by atoms with Crippen LogP contribution in [0.25, 0.3) is 11.1 Å². The van der Waals surface area contributed by atoms with Crippen molar-refractivity contribution in [3.05, 3.63) is 102 Å². The van der Waals surface area contributed by atoms with E-state index in [1.54, 1.807) is 14.2 Å². The van der Waals surface area contributed by atoms with Crippen LogP contribution in [-0.4, -0.2) is 30.0 Å². The highest BCUT2D eigenvalue weighted by Gasteiger charge is 2.38. The van der Waals surface area contributed by atoms with Crippen molar-refractivity contribution in [2.24, 2.45) is 0 Å². The minimum atomic E-state index is -0.327. The zero-order valence-corrected chi connectivity index (χ0v) is 19.5. The van der Waals surface area contributed by atoms with Crippen molar-refractivity contribution in [3.63, 3.8) is 0 Å². The zero-order valence-electron chi connectivity index (χ0n) is 19.5. The highest BCUT2D eigenvalue weighted by atomic mass is 16.5. The molecule has 0 N–H and O–H groups in total. The predicted molar refractivity (Wildman–Crippen MR) is 133 cm³/mol. The molecule has 0 aliphatic carbocycles. The summed E-state index contributed by atoms with van der Waals surface area (Å²) in [6, 6.07) is 29.3. The second-order valence-corrected chi connectivity index (χ2v) is 8.70. The average molecular weight is 453 g/mol. The Balaban J connectivity index is 1.55. The van der Waals surface area contributed by atoms with Crippen LogP contribution in [0.2, 0.25) is 0 Å². The lowest BCUT2D eigenvalue weighted by atomic mass is 9.80. The van der Waals surface area contributed by atoms with Gasteiger partial charge in [-0.25, -0.2) is 0 Å². The third-order valence-corrected chi connectivity index (χ3v) is 6.46. The van der Waals surface area contributed by atoms with Crippen LogP contribution in [0.1, 0.15) is 23.1 Å². The van der Waals surface area contributed by atoms with Gasteiger partial charge in [-0.3, -0.25) is 0 Å². The molecule has 1 aliphatic rings. The Labute approximate surface area is 200 Å². The van der Waals surface area contributed by atoms with Crippen molar-refractivity contribution in [1.29, 1.82) is 0 Å². The average Bonchev–Trinajstić information content (AvgIpc) is 2.89. The lowest BCUT2D eigenvalue weighted by Crippen LogP contribution is -2.44. The van der Waals surface area contributed by atoms with E-state index < -0.39 is 0 Å². The molecule has 3 aromatic carbocycles. The molecule has 1 aromatic heterocycles. The first-order valence-electron chi connectivity index (χ1n) is 11.5. The van der Waals surface area contributed by atoms with Crippen LogP contribution in [0.3, 0.4) is 0 Å². The first-order valence-corrected chi connectivity index (χ1v) is 11.5. The summed E-state index contributed by atoms with van der Waals surface area (Å²) < 4.78 is 17.8. The van der Waals surface area contributed by atoms with Gasteiger partial charge in [0.1, 0.15) is 11.4 Å². The number of fused-ring (bicyclic) bond motifs is 1. The van der Waals surface area contributed by atoms with Crippen LogP contribution >= 0.6 is 0 Å². The molecule has 172 valence electrons. The van der Waals surface area contributed by atoms with Crippen LogP contribution in [0.15, 0.2) is 84.9 Å². The first-order chi connectivity index (χ1) is 16.7. The second kappa shape index (κ2) is 9.56. The second-order valence-electron chi connectivity index (χ2n) is 8.70. The number of methoxy groups -OCH3 is 2. The zero-order chi connectivity index (χ0) is 23.4. The van der Waals surface area contributed by atoms with E-state index in [2.05, 4.69) is 83.0 Å².